The second-order valence-corrected chi connectivity index (χ2v) is 15.1. The molecule has 6 atom stereocenters. The van der Waals surface area contributed by atoms with E-state index < -0.39 is 0 Å². The molecule has 7 heteroatoms. The van der Waals surface area contributed by atoms with E-state index in [-0.39, 0.29) is 57.3 Å². The van der Waals surface area contributed by atoms with Gasteiger partial charge in [0.1, 0.15) is 23.1 Å². The number of rotatable bonds is 5. The van der Waals surface area contributed by atoms with E-state index in [4.69, 9.17) is 16.2 Å². The second-order valence-electron chi connectivity index (χ2n) is 15.1. The molecule has 6 unspecified atom stereocenters. The highest BCUT2D eigenvalue weighted by molar-refractivity contribution is 8.93. The van der Waals surface area contributed by atoms with Crippen molar-refractivity contribution >= 4 is 17.0 Å². The summed E-state index contributed by atoms with van der Waals surface area (Å²) in [4.78, 5) is 0. The second kappa shape index (κ2) is 14.0. The van der Waals surface area contributed by atoms with Crippen LogP contribution < -0.4 is 16.2 Å². The van der Waals surface area contributed by atoms with E-state index in [1.807, 2.05) is 0 Å². The van der Waals surface area contributed by atoms with Crippen molar-refractivity contribution < 1.29 is 18.6 Å². The van der Waals surface area contributed by atoms with Crippen LogP contribution in [0.5, 0.6) is 11.5 Å². The summed E-state index contributed by atoms with van der Waals surface area (Å²) < 4.78 is 34.4. The van der Waals surface area contributed by atoms with Crippen molar-refractivity contribution in [2.75, 3.05) is 7.11 Å². The Labute approximate surface area is 274 Å². The van der Waals surface area contributed by atoms with Gasteiger partial charge in [0.05, 0.1) is 7.11 Å². The average Bonchev–Trinajstić information content (AvgIpc) is 3.09. The molecule has 44 heavy (non-hydrogen) atoms. The summed E-state index contributed by atoms with van der Waals surface area (Å²) in [6.07, 6.45) is 12.6. The minimum absolute atomic E-state index is 0. The fraction of sp³-hybridized carbons (Fsp3) is 0.676. The van der Waals surface area contributed by atoms with Gasteiger partial charge >= 0.3 is 0 Å². The van der Waals surface area contributed by atoms with Crippen LogP contribution in [0.4, 0.5) is 8.78 Å². The van der Waals surface area contributed by atoms with Crippen LogP contribution in [0.15, 0.2) is 24.3 Å². The maximum absolute atomic E-state index is 14.7. The van der Waals surface area contributed by atoms with E-state index in [1.54, 1.807) is 13.2 Å². The molecular formula is C37H55BrF2N2O2. The molecule has 0 amide bonds. The fourth-order valence-electron chi connectivity index (χ4n) is 9.71. The first-order valence-corrected chi connectivity index (χ1v) is 16.8. The highest BCUT2D eigenvalue weighted by Crippen LogP contribution is 2.52. The summed E-state index contributed by atoms with van der Waals surface area (Å²) in [6, 6.07) is 6.84. The van der Waals surface area contributed by atoms with Gasteiger partial charge in [0.25, 0.3) is 0 Å². The summed E-state index contributed by atoms with van der Waals surface area (Å²) in [5.41, 5.74) is 17.0. The zero-order valence-corrected chi connectivity index (χ0v) is 29.1. The Morgan fingerprint density at radius 3 is 1.68 bits per heavy atom. The molecule has 4 bridgehead atoms. The summed E-state index contributed by atoms with van der Waals surface area (Å²) >= 11 is 0. The molecule has 2 saturated carbocycles. The molecule has 4 nitrogen and oxygen atoms in total. The van der Waals surface area contributed by atoms with Gasteiger partial charge in [0, 0.05) is 35.0 Å². The minimum atomic E-state index is -0.253. The topological polar surface area (TPSA) is 81.5 Å². The molecule has 0 saturated heterocycles. The van der Waals surface area contributed by atoms with E-state index in [2.05, 4.69) is 33.8 Å². The number of hydrogen-bond donors (Lipinski definition) is 3. The van der Waals surface area contributed by atoms with Crippen molar-refractivity contribution in [1.82, 2.24) is 0 Å². The molecule has 0 spiro atoms. The van der Waals surface area contributed by atoms with Gasteiger partial charge in [-0.15, -0.1) is 17.0 Å². The predicted octanol–water partition coefficient (Wildman–Crippen LogP) is 8.66. The molecule has 5 N–H and O–H groups in total. The molecule has 6 rings (SSSR count). The standard InChI is InChI=1S/C19H28FNO.C18H26FNO.BrH/c1-12(2)11-19-7-5-4-6-13(18(19)21)8-15-16(19)9-14(22-3)10-17(15)20;1-11(2)10-18-6-4-3-5-12(17(18)20)7-14-15(18)8-13(21)9-16(14)19;/h9-10,12-13,18H,4-8,11,21H2,1-3H3;8-9,11-12,17,21H,3-7,10,20H2,1-2H3;1H. The Kier molecular flexibility index (Phi) is 11.2. The minimum Gasteiger partial charge on any atom is -0.508 e. The SMILES string of the molecule is Br.CC(C)CC12CCCCC(Cc3c(F)cc(O)cc31)C2N.COc1cc(F)c2c(c1)C1(CC(C)C)CCCCC(C2)C1N. The maximum Gasteiger partial charge on any atom is 0.130 e. The summed E-state index contributed by atoms with van der Waals surface area (Å²) in [7, 11) is 1.61. The number of benzene rings is 2. The molecule has 0 aliphatic heterocycles. The van der Waals surface area contributed by atoms with Gasteiger partial charge in [-0.05, 0) is 109 Å². The Balaban J connectivity index is 0.000000197. The highest BCUT2D eigenvalue weighted by Gasteiger charge is 2.50. The Morgan fingerprint density at radius 1 is 0.773 bits per heavy atom. The van der Waals surface area contributed by atoms with Crippen LogP contribution in [0.1, 0.15) is 114 Å². The number of aromatic hydroxyl groups is 1. The first-order valence-electron chi connectivity index (χ1n) is 16.8. The molecule has 2 fully saturated rings. The van der Waals surface area contributed by atoms with Crippen LogP contribution in [0.2, 0.25) is 0 Å². The number of halogens is 3. The molecular weight excluding hydrogens is 622 g/mol. The third kappa shape index (κ3) is 6.44. The van der Waals surface area contributed by atoms with Crippen LogP contribution >= 0.6 is 17.0 Å². The molecule has 4 aliphatic rings. The smallest absolute Gasteiger partial charge is 0.130 e. The lowest BCUT2D eigenvalue weighted by Crippen LogP contribution is -2.53. The van der Waals surface area contributed by atoms with Crippen LogP contribution in [-0.4, -0.2) is 24.3 Å². The van der Waals surface area contributed by atoms with Gasteiger partial charge < -0.3 is 21.3 Å². The predicted molar refractivity (Wildman–Crippen MR) is 181 cm³/mol. The summed E-state index contributed by atoms with van der Waals surface area (Å²) in [6.45, 7) is 8.89. The van der Waals surface area contributed by atoms with E-state index >= 15 is 0 Å². The number of phenolic OH excluding ortho intramolecular Hbond substituents is 1. The van der Waals surface area contributed by atoms with E-state index in [1.165, 1.54) is 31.4 Å². The van der Waals surface area contributed by atoms with Crippen LogP contribution in [0.3, 0.4) is 0 Å². The van der Waals surface area contributed by atoms with E-state index in [0.717, 1.165) is 80.0 Å². The molecule has 246 valence electrons. The first-order chi connectivity index (χ1) is 20.4. The van der Waals surface area contributed by atoms with Crippen LogP contribution in [0, 0.1) is 35.3 Å². The molecule has 0 heterocycles. The van der Waals surface area contributed by atoms with Crippen molar-refractivity contribution in [1.29, 1.82) is 0 Å². The van der Waals surface area contributed by atoms with Gasteiger partial charge in [-0.2, -0.15) is 0 Å². The quantitative estimate of drug-likeness (QED) is 0.296. The zero-order valence-electron chi connectivity index (χ0n) is 27.4. The van der Waals surface area contributed by atoms with Gasteiger partial charge in [-0.1, -0.05) is 53.4 Å². The van der Waals surface area contributed by atoms with Crippen molar-refractivity contribution in [3.8, 4) is 11.5 Å². The molecule has 4 aliphatic carbocycles. The van der Waals surface area contributed by atoms with Crippen molar-refractivity contribution in [3.05, 3.63) is 58.2 Å². The Morgan fingerprint density at radius 2 is 1.23 bits per heavy atom. The number of fused-ring (bicyclic) bond motifs is 8. The number of nitrogens with two attached hydrogens (primary N) is 2. The molecule has 2 aromatic rings. The zero-order chi connectivity index (χ0) is 31.1. The number of ether oxygens (including phenoxy) is 1. The monoisotopic (exact) mass is 676 g/mol. The van der Waals surface area contributed by atoms with E-state index in [9.17, 15) is 13.9 Å². The Hall–Kier alpha value is -1.70. The number of methoxy groups -OCH3 is 1. The van der Waals surface area contributed by atoms with Crippen molar-refractivity contribution in [2.45, 2.75) is 128 Å². The lowest BCUT2D eigenvalue weighted by molar-refractivity contribution is 0.197. The fourth-order valence-corrected chi connectivity index (χ4v) is 9.71. The highest BCUT2D eigenvalue weighted by atomic mass is 79.9. The van der Waals surface area contributed by atoms with E-state index in [0.29, 0.717) is 29.4 Å². The van der Waals surface area contributed by atoms with Crippen LogP contribution in [-0.2, 0) is 23.7 Å². The van der Waals surface area contributed by atoms with Crippen molar-refractivity contribution in [3.63, 3.8) is 0 Å². The first kappa shape index (κ1) is 35.2. The Bertz CT molecular complexity index is 1300. The molecule has 2 aromatic carbocycles. The van der Waals surface area contributed by atoms with Gasteiger partial charge in [0.15, 0.2) is 0 Å². The van der Waals surface area contributed by atoms with Crippen LogP contribution in [0.25, 0.3) is 0 Å². The lowest BCUT2D eigenvalue weighted by Gasteiger charge is -2.48. The molecule has 0 radical (unpaired) electrons. The normalized spacial score (nSPS) is 30.6. The summed E-state index contributed by atoms with van der Waals surface area (Å²) in [5, 5.41) is 9.89. The average molecular weight is 678 g/mol. The van der Waals surface area contributed by atoms with Gasteiger partial charge in [-0.3, -0.25) is 0 Å². The third-order valence-electron chi connectivity index (χ3n) is 11.3. The van der Waals surface area contributed by atoms with Crippen molar-refractivity contribution in [2.24, 2.45) is 35.1 Å². The van der Waals surface area contributed by atoms with Gasteiger partial charge in [-0.25, -0.2) is 8.78 Å². The number of phenols is 1. The maximum atomic E-state index is 14.7. The third-order valence-corrected chi connectivity index (χ3v) is 11.3. The van der Waals surface area contributed by atoms with Gasteiger partial charge in [0.2, 0.25) is 0 Å². The molecule has 0 aromatic heterocycles. The number of hydrogen-bond acceptors (Lipinski definition) is 4. The largest absolute Gasteiger partial charge is 0.508 e. The summed E-state index contributed by atoms with van der Waals surface area (Å²) in [5.74, 6) is 2.13. The lowest BCUT2D eigenvalue weighted by atomic mass is 9.59.